The van der Waals surface area contributed by atoms with Crippen molar-refractivity contribution in [2.75, 3.05) is 13.1 Å². The maximum atomic E-state index is 12.9. The lowest BCUT2D eigenvalue weighted by atomic mass is 10.1. The molecule has 6 heteroatoms. The molecule has 1 unspecified atom stereocenters. The average molecular weight is 265 g/mol. The Morgan fingerprint density at radius 2 is 2.16 bits per heavy atom. The fourth-order valence-corrected chi connectivity index (χ4v) is 2.29. The Balaban J connectivity index is 1.88. The lowest BCUT2D eigenvalue weighted by Crippen LogP contribution is -2.49. The first-order chi connectivity index (χ1) is 9.04. The Kier molecular flexibility index (Phi) is 2.97. The monoisotopic (exact) mass is 265 g/mol. The Morgan fingerprint density at radius 1 is 1.47 bits per heavy atom. The van der Waals surface area contributed by atoms with E-state index in [2.05, 4.69) is 9.97 Å². The summed E-state index contributed by atoms with van der Waals surface area (Å²) in [5, 5.41) is 9.11. The minimum Gasteiger partial charge on any atom is -0.477 e. The van der Waals surface area contributed by atoms with Gasteiger partial charge < -0.3 is 5.11 Å². The number of carboxylic acids is 1. The van der Waals surface area contributed by atoms with Crippen molar-refractivity contribution in [1.29, 1.82) is 0 Å². The Morgan fingerprint density at radius 3 is 2.68 bits per heavy atom. The molecule has 1 aliphatic heterocycles. The van der Waals surface area contributed by atoms with Gasteiger partial charge in [-0.1, -0.05) is 0 Å². The van der Waals surface area contributed by atoms with Crippen molar-refractivity contribution < 1.29 is 14.3 Å². The number of nitrogens with zero attached hydrogens (tertiary/aromatic N) is 3. The van der Waals surface area contributed by atoms with E-state index in [0.717, 1.165) is 12.8 Å². The van der Waals surface area contributed by atoms with Gasteiger partial charge in [0.05, 0.1) is 5.69 Å². The molecule has 1 saturated carbocycles. The summed E-state index contributed by atoms with van der Waals surface area (Å²) in [7, 11) is 0. The smallest absolute Gasteiger partial charge is 0.354 e. The number of halogens is 1. The van der Waals surface area contributed by atoms with Gasteiger partial charge in [-0.25, -0.2) is 19.2 Å². The van der Waals surface area contributed by atoms with Crippen LogP contribution in [0.1, 0.15) is 53.7 Å². The lowest BCUT2D eigenvalue weighted by Gasteiger charge is -2.38. The van der Waals surface area contributed by atoms with Crippen LogP contribution in [0.15, 0.2) is 6.07 Å². The molecule has 1 aromatic rings. The van der Waals surface area contributed by atoms with Crippen molar-refractivity contribution in [2.24, 2.45) is 0 Å². The lowest BCUT2D eigenvalue weighted by molar-refractivity contribution is 0.0314. The third-order valence-electron chi connectivity index (χ3n) is 3.77. The van der Waals surface area contributed by atoms with E-state index >= 15 is 0 Å². The van der Waals surface area contributed by atoms with E-state index in [4.69, 9.17) is 5.11 Å². The van der Waals surface area contributed by atoms with E-state index < -0.39 is 12.1 Å². The van der Waals surface area contributed by atoms with Crippen LogP contribution in [0.3, 0.4) is 0 Å². The van der Waals surface area contributed by atoms with Gasteiger partial charge in [0.2, 0.25) is 0 Å². The van der Waals surface area contributed by atoms with Crippen LogP contribution in [0.2, 0.25) is 0 Å². The molecule has 0 amide bonds. The maximum Gasteiger partial charge on any atom is 0.354 e. The molecule has 1 N–H and O–H groups in total. The van der Waals surface area contributed by atoms with Crippen molar-refractivity contribution in [3.63, 3.8) is 0 Å². The van der Waals surface area contributed by atoms with Crippen LogP contribution < -0.4 is 0 Å². The van der Waals surface area contributed by atoms with Crippen LogP contribution in [-0.2, 0) is 0 Å². The quantitative estimate of drug-likeness (QED) is 0.898. The minimum atomic E-state index is -1.04. The first kappa shape index (κ1) is 12.5. The van der Waals surface area contributed by atoms with Crippen LogP contribution in [-0.4, -0.2) is 45.2 Å². The highest BCUT2D eigenvalue weighted by Crippen LogP contribution is 2.38. The highest BCUT2D eigenvalue weighted by molar-refractivity contribution is 5.85. The number of alkyl halides is 1. The molecular weight excluding hydrogens is 249 g/mol. The summed E-state index contributed by atoms with van der Waals surface area (Å²) in [6.45, 7) is 2.72. The van der Waals surface area contributed by atoms with Crippen molar-refractivity contribution in [3.05, 3.63) is 23.3 Å². The SMILES string of the molecule is CC(c1cc(C(=O)O)nc(C2CC2)n1)N1CC(F)C1. The second kappa shape index (κ2) is 4.52. The Labute approximate surface area is 110 Å². The van der Waals surface area contributed by atoms with Crippen molar-refractivity contribution >= 4 is 5.97 Å². The van der Waals surface area contributed by atoms with E-state index in [1.807, 2.05) is 11.8 Å². The van der Waals surface area contributed by atoms with Gasteiger partial charge in [-0.05, 0) is 25.8 Å². The molecule has 1 aromatic heterocycles. The highest BCUT2D eigenvalue weighted by Gasteiger charge is 2.33. The Hall–Kier alpha value is -1.56. The molecule has 0 radical (unpaired) electrons. The van der Waals surface area contributed by atoms with Crippen LogP contribution in [0, 0.1) is 0 Å². The minimum absolute atomic E-state index is 0.0380. The molecule has 1 aliphatic carbocycles. The standard InChI is InChI=1S/C13H16FN3O2/c1-7(17-5-9(14)6-17)10-4-11(13(18)19)16-12(15-10)8-2-3-8/h4,7-9H,2-3,5-6H2,1H3,(H,18,19). The summed E-state index contributed by atoms with van der Waals surface area (Å²) in [5.74, 6) is -0.112. The fraction of sp³-hybridized carbons (Fsp3) is 0.615. The van der Waals surface area contributed by atoms with Gasteiger partial charge >= 0.3 is 5.97 Å². The summed E-state index contributed by atoms with van der Waals surface area (Å²) >= 11 is 0. The molecule has 3 rings (SSSR count). The summed E-state index contributed by atoms with van der Waals surface area (Å²) in [4.78, 5) is 21.6. The normalized spacial score (nSPS) is 22.0. The van der Waals surface area contributed by atoms with Crippen molar-refractivity contribution in [1.82, 2.24) is 14.9 Å². The number of aromatic nitrogens is 2. The van der Waals surface area contributed by atoms with E-state index in [1.165, 1.54) is 6.07 Å². The average Bonchev–Trinajstić information content (AvgIpc) is 3.17. The molecule has 1 saturated heterocycles. The predicted octanol–water partition coefficient (Wildman–Crippen LogP) is 1.77. The molecular formula is C13H16FN3O2. The summed E-state index contributed by atoms with van der Waals surface area (Å²) in [5.41, 5.74) is 0.720. The van der Waals surface area contributed by atoms with Gasteiger partial charge in [0, 0.05) is 25.0 Å². The summed E-state index contributed by atoms with van der Waals surface area (Å²) < 4.78 is 12.9. The third kappa shape index (κ3) is 2.45. The van der Waals surface area contributed by atoms with Crippen LogP contribution in [0.4, 0.5) is 4.39 Å². The molecule has 2 heterocycles. The predicted molar refractivity (Wildman–Crippen MR) is 65.9 cm³/mol. The largest absolute Gasteiger partial charge is 0.477 e. The Bertz CT molecular complexity index is 513. The van der Waals surface area contributed by atoms with E-state index in [-0.39, 0.29) is 11.7 Å². The molecule has 0 spiro atoms. The molecule has 0 bridgehead atoms. The van der Waals surface area contributed by atoms with Crippen LogP contribution in [0.25, 0.3) is 0 Å². The number of carbonyl (C=O) groups is 1. The van der Waals surface area contributed by atoms with Gasteiger partial charge in [0.25, 0.3) is 0 Å². The number of hydrogen-bond donors (Lipinski definition) is 1. The van der Waals surface area contributed by atoms with E-state index in [1.54, 1.807) is 0 Å². The molecule has 1 atom stereocenters. The third-order valence-corrected chi connectivity index (χ3v) is 3.77. The van der Waals surface area contributed by atoms with Crippen molar-refractivity contribution in [2.45, 2.75) is 37.9 Å². The number of rotatable bonds is 4. The van der Waals surface area contributed by atoms with Crippen LogP contribution >= 0.6 is 0 Å². The fourth-order valence-electron chi connectivity index (χ4n) is 2.29. The zero-order valence-electron chi connectivity index (χ0n) is 10.7. The van der Waals surface area contributed by atoms with Gasteiger partial charge in [-0.2, -0.15) is 0 Å². The highest BCUT2D eigenvalue weighted by atomic mass is 19.1. The number of hydrogen-bond acceptors (Lipinski definition) is 4. The number of likely N-dealkylation sites (tertiary alicyclic amines) is 1. The topological polar surface area (TPSA) is 66.3 Å². The van der Waals surface area contributed by atoms with E-state index in [0.29, 0.717) is 30.5 Å². The van der Waals surface area contributed by atoms with Gasteiger partial charge in [-0.3, -0.25) is 4.90 Å². The van der Waals surface area contributed by atoms with Gasteiger partial charge in [-0.15, -0.1) is 0 Å². The van der Waals surface area contributed by atoms with E-state index in [9.17, 15) is 9.18 Å². The zero-order valence-corrected chi connectivity index (χ0v) is 10.7. The first-order valence-corrected chi connectivity index (χ1v) is 6.55. The first-order valence-electron chi connectivity index (χ1n) is 6.55. The summed E-state index contributed by atoms with van der Waals surface area (Å²) in [6, 6.07) is 1.44. The van der Waals surface area contributed by atoms with Gasteiger partial charge in [0.1, 0.15) is 12.0 Å². The molecule has 2 aliphatic rings. The van der Waals surface area contributed by atoms with Crippen molar-refractivity contribution in [3.8, 4) is 0 Å². The van der Waals surface area contributed by atoms with Gasteiger partial charge in [0.15, 0.2) is 5.69 Å². The molecule has 19 heavy (non-hydrogen) atoms. The number of carboxylic acid groups (broad SMARTS) is 1. The van der Waals surface area contributed by atoms with Crippen LogP contribution in [0.5, 0.6) is 0 Å². The molecule has 102 valence electrons. The summed E-state index contributed by atoms with van der Waals surface area (Å²) in [6.07, 6.45) is 1.27. The molecule has 5 nitrogen and oxygen atoms in total. The molecule has 0 aromatic carbocycles. The second-order valence-electron chi connectivity index (χ2n) is 5.34. The molecule has 2 fully saturated rings. The number of aromatic carboxylic acids is 1. The maximum absolute atomic E-state index is 12.9. The second-order valence-corrected chi connectivity index (χ2v) is 5.34. The zero-order chi connectivity index (χ0) is 13.6.